The van der Waals surface area contributed by atoms with Gasteiger partial charge in [-0.3, -0.25) is 4.99 Å². The number of fused-ring (bicyclic) bond motifs is 1. The van der Waals surface area contributed by atoms with Gasteiger partial charge in [0.05, 0.1) is 17.7 Å². The number of hydrogen-bond donors (Lipinski definition) is 0. The van der Waals surface area contributed by atoms with E-state index in [1.165, 1.54) is 0 Å². The van der Waals surface area contributed by atoms with Gasteiger partial charge in [0.25, 0.3) is 0 Å². The van der Waals surface area contributed by atoms with Gasteiger partial charge in [0, 0.05) is 12.7 Å². The van der Waals surface area contributed by atoms with Crippen LogP contribution in [0.25, 0.3) is 0 Å². The van der Waals surface area contributed by atoms with Crippen molar-refractivity contribution in [2.75, 3.05) is 6.54 Å². The predicted octanol–water partition coefficient (Wildman–Crippen LogP) is 1.07. The summed E-state index contributed by atoms with van der Waals surface area (Å²) < 4.78 is 0. The molecule has 0 fully saturated rings. The van der Waals surface area contributed by atoms with E-state index in [1.54, 1.807) is 0 Å². The van der Waals surface area contributed by atoms with Crippen molar-refractivity contribution in [1.82, 2.24) is 4.90 Å². The molecule has 60 valence electrons. The highest BCUT2D eigenvalue weighted by atomic mass is 15.2. The van der Waals surface area contributed by atoms with Gasteiger partial charge < -0.3 is 4.90 Å². The molecule has 0 radical (unpaired) electrons. The summed E-state index contributed by atoms with van der Waals surface area (Å²) in [5.41, 5.74) is 0.680. The third-order valence-corrected chi connectivity index (χ3v) is 1.96. The molecule has 1 atom stereocenters. The van der Waals surface area contributed by atoms with Crippen molar-refractivity contribution in [1.29, 1.82) is 5.26 Å². The highest BCUT2D eigenvalue weighted by molar-refractivity contribution is 5.97. The average molecular weight is 159 g/mol. The van der Waals surface area contributed by atoms with Gasteiger partial charge in [-0.2, -0.15) is 5.26 Å². The molecule has 3 heteroatoms. The molecule has 2 rings (SSSR count). The number of rotatable bonds is 0. The summed E-state index contributed by atoms with van der Waals surface area (Å²) in [5.74, 6) is 0.918. The standard InChI is InChI=1S/C9H9N3/c1-7-6-12-3-2-8(5-10)4-9(12)11-7/h2-4,7H,6H2,1H3. The zero-order valence-electron chi connectivity index (χ0n) is 6.86. The maximum absolute atomic E-state index is 8.63. The minimum absolute atomic E-state index is 0.346. The first-order valence-corrected chi connectivity index (χ1v) is 3.94. The van der Waals surface area contributed by atoms with Crippen LogP contribution in [0.4, 0.5) is 0 Å². The molecular weight excluding hydrogens is 150 g/mol. The van der Waals surface area contributed by atoms with Gasteiger partial charge in [0.15, 0.2) is 0 Å². The van der Waals surface area contributed by atoms with Crippen LogP contribution in [0.3, 0.4) is 0 Å². The fraction of sp³-hybridized carbons (Fsp3) is 0.333. The normalized spacial score (nSPS) is 26.0. The second kappa shape index (κ2) is 2.49. The van der Waals surface area contributed by atoms with Crippen LogP contribution in [-0.4, -0.2) is 23.3 Å². The van der Waals surface area contributed by atoms with Gasteiger partial charge in [-0.1, -0.05) is 0 Å². The molecule has 0 N–H and O–H groups in total. The zero-order chi connectivity index (χ0) is 8.55. The maximum atomic E-state index is 8.63. The Kier molecular flexibility index (Phi) is 1.47. The molecule has 2 heterocycles. The van der Waals surface area contributed by atoms with Crippen LogP contribution in [-0.2, 0) is 0 Å². The third kappa shape index (κ3) is 1.02. The Labute approximate surface area is 71.3 Å². The van der Waals surface area contributed by atoms with E-state index in [2.05, 4.69) is 22.9 Å². The fourth-order valence-electron chi connectivity index (χ4n) is 1.40. The van der Waals surface area contributed by atoms with Crippen molar-refractivity contribution in [2.45, 2.75) is 13.0 Å². The highest BCUT2D eigenvalue weighted by Crippen LogP contribution is 2.16. The van der Waals surface area contributed by atoms with Gasteiger partial charge >= 0.3 is 0 Å². The summed E-state index contributed by atoms with van der Waals surface area (Å²) in [6, 6.07) is 2.44. The second-order valence-corrected chi connectivity index (χ2v) is 3.02. The van der Waals surface area contributed by atoms with Crippen molar-refractivity contribution < 1.29 is 0 Å². The topological polar surface area (TPSA) is 39.4 Å². The van der Waals surface area contributed by atoms with Crippen molar-refractivity contribution >= 4 is 5.84 Å². The molecule has 2 aliphatic heterocycles. The predicted molar refractivity (Wildman–Crippen MR) is 46.4 cm³/mol. The van der Waals surface area contributed by atoms with E-state index in [0.29, 0.717) is 11.6 Å². The van der Waals surface area contributed by atoms with Crippen molar-refractivity contribution in [3.05, 3.63) is 23.9 Å². The Hall–Kier alpha value is -1.56. The Morgan fingerprint density at radius 3 is 3.33 bits per heavy atom. The summed E-state index contributed by atoms with van der Waals surface area (Å²) in [5, 5.41) is 8.63. The molecule has 12 heavy (non-hydrogen) atoms. The minimum atomic E-state index is 0.346. The van der Waals surface area contributed by atoms with Crippen LogP contribution >= 0.6 is 0 Å². The first-order chi connectivity index (χ1) is 5.79. The van der Waals surface area contributed by atoms with Crippen LogP contribution in [0, 0.1) is 11.3 Å². The second-order valence-electron chi connectivity index (χ2n) is 3.02. The van der Waals surface area contributed by atoms with E-state index in [4.69, 9.17) is 5.26 Å². The van der Waals surface area contributed by atoms with Gasteiger partial charge in [-0.25, -0.2) is 0 Å². The van der Waals surface area contributed by atoms with E-state index in [0.717, 1.165) is 12.4 Å². The Morgan fingerprint density at radius 1 is 1.75 bits per heavy atom. The first-order valence-electron chi connectivity index (χ1n) is 3.94. The van der Waals surface area contributed by atoms with Gasteiger partial charge in [0.1, 0.15) is 5.84 Å². The maximum Gasteiger partial charge on any atom is 0.129 e. The molecule has 0 aromatic heterocycles. The number of nitrogens with zero attached hydrogens (tertiary/aromatic N) is 3. The molecular formula is C9H9N3. The van der Waals surface area contributed by atoms with E-state index in [9.17, 15) is 0 Å². The quantitative estimate of drug-likeness (QED) is 0.530. The molecule has 2 aliphatic rings. The Balaban J connectivity index is 2.33. The van der Waals surface area contributed by atoms with Crippen molar-refractivity contribution in [3.63, 3.8) is 0 Å². The van der Waals surface area contributed by atoms with E-state index >= 15 is 0 Å². The van der Waals surface area contributed by atoms with Crippen LogP contribution in [0.5, 0.6) is 0 Å². The zero-order valence-corrected chi connectivity index (χ0v) is 6.86. The van der Waals surface area contributed by atoms with Crippen molar-refractivity contribution in [2.24, 2.45) is 4.99 Å². The first kappa shape index (κ1) is 7.11. The number of amidine groups is 1. The van der Waals surface area contributed by atoms with Crippen LogP contribution in [0.1, 0.15) is 6.92 Å². The SMILES string of the molecule is CC1CN2C=CC(C#N)=CC2=N1. The Morgan fingerprint density at radius 2 is 2.58 bits per heavy atom. The molecule has 0 spiro atoms. The molecule has 0 saturated heterocycles. The lowest BCUT2D eigenvalue weighted by atomic mass is 10.2. The summed E-state index contributed by atoms with van der Waals surface area (Å²) in [4.78, 5) is 6.43. The lowest BCUT2D eigenvalue weighted by Gasteiger charge is -2.16. The number of allylic oxidation sites excluding steroid dienone is 2. The van der Waals surface area contributed by atoms with Gasteiger partial charge in [-0.05, 0) is 19.1 Å². The fourth-order valence-corrected chi connectivity index (χ4v) is 1.40. The lowest BCUT2D eigenvalue weighted by molar-refractivity contribution is 0.557. The minimum Gasteiger partial charge on any atom is -0.331 e. The van der Waals surface area contributed by atoms with Crippen LogP contribution in [0.2, 0.25) is 0 Å². The largest absolute Gasteiger partial charge is 0.331 e. The smallest absolute Gasteiger partial charge is 0.129 e. The molecule has 0 aromatic rings. The molecule has 0 bridgehead atoms. The molecule has 0 amide bonds. The molecule has 0 aromatic carbocycles. The lowest BCUT2D eigenvalue weighted by Crippen LogP contribution is -2.23. The molecule has 0 aliphatic carbocycles. The molecule has 0 saturated carbocycles. The van der Waals surface area contributed by atoms with Crippen LogP contribution in [0.15, 0.2) is 28.9 Å². The molecule has 1 unspecified atom stereocenters. The monoisotopic (exact) mass is 159 g/mol. The van der Waals surface area contributed by atoms with E-state index in [1.807, 2.05) is 18.4 Å². The summed E-state index contributed by atoms with van der Waals surface area (Å²) in [7, 11) is 0. The molecule has 3 nitrogen and oxygen atoms in total. The summed E-state index contributed by atoms with van der Waals surface area (Å²) in [6.07, 6.45) is 5.56. The van der Waals surface area contributed by atoms with E-state index < -0.39 is 0 Å². The summed E-state index contributed by atoms with van der Waals surface area (Å²) in [6.45, 7) is 3.00. The number of aliphatic imine (C=N–C) groups is 1. The third-order valence-electron chi connectivity index (χ3n) is 1.96. The summed E-state index contributed by atoms with van der Waals surface area (Å²) >= 11 is 0. The highest BCUT2D eigenvalue weighted by Gasteiger charge is 2.20. The van der Waals surface area contributed by atoms with E-state index in [-0.39, 0.29) is 0 Å². The average Bonchev–Trinajstić information content (AvgIpc) is 2.43. The Bertz CT molecular complexity index is 330. The van der Waals surface area contributed by atoms with Crippen molar-refractivity contribution in [3.8, 4) is 6.07 Å². The number of nitriles is 1. The van der Waals surface area contributed by atoms with Gasteiger partial charge in [-0.15, -0.1) is 0 Å². The van der Waals surface area contributed by atoms with Gasteiger partial charge in [0.2, 0.25) is 0 Å². The number of hydrogen-bond acceptors (Lipinski definition) is 3. The van der Waals surface area contributed by atoms with Crippen LogP contribution < -0.4 is 0 Å².